The average Bonchev–Trinajstić information content (AvgIpc) is 2.71. The van der Waals surface area contributed by atoms with Crippen molar-refractivity contribution in [3.8, 4) is 0 Å². The molecule has 0 unspecified atom stereocenters. The minimum Gasteiger partial charge on any atom is -0.364 e. The lowest BCUT2D eigenvalue weighted by molar-refractivity contribution is -0.160. The highest BCUT2D eigenvalue weighted by Gasteiger charge is 2.56. The molecule has 1 aromatic heterocycles. The van der Waals surface area contributed by atoms with Crippen LogP contribution >= 0.6 is 0 Å². The van der Waals surface area contributed by atoms with E-state index in [2.05, 4.69) is 5.10 Å². The van der Waals surface area contributed by atoms with Gasteiger partial charge in [0.2, 0.25) is 11.8 Å². The summed E-state index contributed by atoms with van der Waals surface area (Å²) in [7, 11) is 0. The molecule has 26 heavy (non-hydrogen) atoms. The first-order valence-electron chi connectivity index (χ1n) is 7.86. The summed E-state index contributed by atoms with van der Waals surface area (Å²) in [6.07, 6.45) is -7.82. The number of aromatic nitrogens is 2. The SMILES string of the molecule is CC1(Cn2nc(C3CC(F)(F)C3)c(C(F)(F)F)c2C(N)=O)CC(F)(F)C1. The first-order chi connectivity index (χ1) is 11.6. The summed E-state index contributed by atoms with van der Waals surface area (Å²) in [6.45, 7) is 1.05. The van der Waals surface area contributed by atoms with Crippen LogP contribution in [0.5, 0.6) is 0 Å². The van der Waals surface area contributed by atoms with Crippen LogP contribution in [-0.4, -0.2) is 27.5 Å². The summed E-state index contributed by atoms with van der Waals surface area (Å²) in [5, 5.41) is 3.72. The number of hydrogen-bond donors (Lipinski definition) is 1. The van der Waals surface area contributed by atoms with Crippen LogP contribution in [0.25, 0.3) is 0 Å². The van der Waals surface area contributed by atoms with Gasteiger partial charge in [0.05, 0.1) is 5.69 Å². The predicted molar refractivity (Wildman–Crippen MR) is 75.0 cm³/mol. The van der Waals surface area contributed by atoms with Gasteiger partial charge in [-0.25, -0.2) is 17.6 Å². The van der Waals surface area contributed by atoms with Crippen molar-refractivity contribution in [2.45, 2.75) is 63.1 Å². The third-order valence-electron chi connectivity index (χ3n) is 4.88. The minimum absolute atomic E-state index is 0.382. The molecule has 0 radical (unpaired) electrons. The number of carbonyl (C=O) groups excluding carboxylic acids is 1. The number of halogens is 7. The number of amides is 1. The van der Waals surface area contributed by atoms with Crippen LogP contribution in [0.2, 0.25) is 0 Å². The number of nitrogens with two attached hydrogens (primary N) is 1. The number of rotatable bonds is 4. The van der Waals surface area contributed by atoms with E-state index in [1.165, 1.54) is 6.92 Å². The molecule has 0 aliphatic heterocycles. The van der Waals surface area contributed by atoms with E-state index in [-0.39, 0.29) is 6.54 Å². The largest absolute Gasteiger partial charge is 0.420 e. The maximum Gasteiger partial charge on any atom is 0.420 e. The highest BCUT2D eigenvalue weighted by molar-refractivity contribution is 5.93. The van der Waals surface area contributed by atoms with Gasteiger partial charge in [-0.05, 0) is 5.41 Å². The van der Waals surface area contributed by atoms with E-state index in [9.17, 15) is 35.5 Å². The summed E-state index contributed by atoms with van der Waals surface area (Å²) in [4.78, 5) is 11.6. The molecule has 0 aromatic carbocycles. The summed E-state index contributed by atoms with van der Waals surface area (Å²) < 4.78 is 93.6. The van der Waals surface area contributed by atoms with Crippen LogP contribution in [0.15, 0.2) is 0 Å². The Labute approximate surface area is 143 Å². The molecule has 0 saturated heterocycles. The molecule has 2 saturated carbocycles. The van der Waals surface area contributed by atoms with Gasteiger partial charge in [-0.2, -0.15) is 18.3 Å². The Morgan fingerprint density at radius 3 is 2.12 bits per heavy atom. The fourth-order valence-electron chi connectivity index (χ4n) is 3.94. The van der Waals surface area contributed by atoms with Gasteiger partial charge in [-0.3, -0.25) is 9.48 Å². The van der Waals surface area contributed by atoms with Crippen LogP contribution in [0.1, 0.15) is 60.3 Å². The second-order valence-corrected chi connectivity index (χ2v) is 7.61. The molecule has 2 N–H and O–H groups in total. The van der Waals surface area contributed by atoms with E-state index in [4.69, 9.17) is 5.73 Å². The molecule has 0 spiro atoms. The van der Waals surface area contributed by atoms with E-state index >= 15 is 0 Å². The lowest BCUT2D eigenvalue weighted by Gasteiger charge is -2.44. The quantitative estimate of drug-likeness (QED) is 0.796. The normalized spacial score (nSPS) is 24.0. The molecule has 2 fully saturated rings. The fourth-order valence-corrected chi connectivity index (χ4v) is 3.94. The van der Waals surface area contributed by atoms with Gasteiger partial charge in [0.15, 0.2) is 0 Å². The molecule has 11 heteroatoms. The number of nitrogens with zero attached hydrogens (tertiary/aromatic N) is 2. The average molecular weight is 387 g/mol. The number of carbonyl (C=O) groups is 1. The Bertz CT molecular complexity index is 737. The molecule has 1 heterocycles. The van der Waals surface area contributed by atoms with Gasteiger partial charge in [-0.1, -0.05) is 6.92 Å². The molecule has 2 aliphatic carbocycles. The van der Waals surface area contributed by atoms with Gasteiger partial charge in [-0.15, -0.1) is 0 Å². The van der Waals surface area contributed by atoms with Gasteiger partial charge in [0.25, 0.3) is 5.91 Å². The molecule has 0 bridgehead atoms. The van der Waals surface area contributed by atoms with Crippen LogP contribution in [0, 0.1) is 5.41 Å². The number of primary amides is 1. The van der Waals surface area contributed by atoms with Crippen LogP contribution < -0.4 is 5.73 Å². The maximum atomic E-state index is 13.5. The summed E-state index contributed by atoms with van der Waals surface area (Å²) in [5.74, 6) is -8.62. The second-order valence-electron chi connectivity index (χ2n) is 7.61. The van der Waals surface area contributed by atoms with Gasteiger partial charge >= 0.3 is 6.18 Å². The highest BCUT2D eigenvalue weighted by Crippen LogP contribution is 2.54. The first-order valence-corrected chi connectivity index (χ1v) is 7.86. The van der Waals surface area contributed by atoms with Crippen molar-refractivity contribution in [3.63, 3.8) is 0 Å². The molecule has 3 rings (SSSR count). The highest BCUT2D eigenvalue weighted by atomic mass is 19.4. The maximum absolute atomic E-state index is 13.5. The standard InChI is InChI=1S/C15H16F7N3O/c1-12(4-14(18,19)5-12)6-25-10(11(23)26)8(15(20,21)22)9(24-25)7-2-13(16,17)3-7/h7H,2-6H2,1H3,(H2,23,26). The van der Waals surface area contributed by atoms with E-state index in [1.807, 2.05) is 0 Å². The van der Waals surface area contributed by atoms with E-state index in [0.717, 1.165) is 0 Å². The second kappa shape index (κ2) is 5.35. The fraction of sp³-hybridized carbons (Fsp3) is 0.733. The summed E-state index contributed by atoms with van der Waals surface area (Å²) >= 11 is 0. The van der Waals surface area contributed by atoms with Crippen LogP contribution in [0.3, 0.4) is 0 Å². The van der Waals surface area contributed by atoms with Crippen LogP contribution in [0.4, 0.5) is 30.7 Å². The molecule has 1 aromatic rings. The zero-order chi connectivity index (χ0) is 19.7. The zero-order valence-corrected chi connectivity index (χ0v) is 13.6. The lowest BCUT2D eigenvalue weighted by atomic mass is 9.67. The van der Waals surface area contributed by atoms with Crippen molar-refractivity contribution < 1.29 is 35.5 Å². The van der Waals surface area contributed by atoms with Gasteiger partial charge in [0.1, 0.15) is 11.3 Å². The van der Waals surface area contributed by atoms with Crippen molar-refractivity contribution in [3.05, 3.63) is 17.0 Å². The van der Waals surface area contributed by atoms with Crippen molar-refractivity contribution >= 4 is 5.91 Å². The Morgan fingerprint density at radius 1 is 1.19 bits per heavy atom. The Hall–Kier alpha value is -1.81. The molecule has 4 nitrogen and oxygen atoms in total. The lowest BCUT2D eigenvalue weighted by Crippen LogP contribution is -2.47. The Morgan fingerprint density at radius 2 is 1.73 bits per heavy atom. The molecule has 1 amide bonds. The molecule has 146 valence electrons. The number of alkyl halides is 7. The van der Waals surface area contributed by atoms with Crippen LogP contribution in [-0.2, 0) is 12.7 Å². The Balaban J connectivity index is 2.02. The van der Waals surface area contributed by atoms with Gasteiger partial charge in [0, 0.05) is 38.1 Å². The predicted octanol–water partition coefficient (Wildman–Crippen LogP) is 3.95. The van der Waals surface area contributed by atoms with Crippen molar-refractivity contribution in [2.75, 3.05) is 0 Å². The topological polar surface area (TPSA) is 60.9 Å². The third-order valence-corrected chi connectivity index (χ3v) is 4.88. The summed E-state index contributed by atoms with van der Waals surface area (Å²) in [6, 6.07) is 0. The molecule has 0 atom stereocenters. The third kappa shape index (κ3) is 3.27. The smallest absolute Gasteiger partial charge is 0.364 e. The number of hydrogen-bond acceptors (Lipinski definition) is 2. The van der Waals surface area contributed by atoms with Crippen molar-refractivity contribution in [1.29, 1.82) is 0 Å². The molecular formula is C15H16F7N3O. The van der Waals surface area contributed by atoms with E-state index < -0.39 is 77.9 Å². The molecule has 2 aliphatic rings. The van der Waals surface area contributed by atoms with E-state index in [1.54, 1.807) is 0 Å². The summed E-state index contributed by atoms with van der Waals surface area (Å²) in [5.41, 5.74) is 0.916. The Kier molecular flexibility index (Phi) is 3.90. The minimum atomic E-state index is -5.03. The van der Waals surface area contributed by atoms with Crippen molar-refractivity contribution in [2.24, 2.45) is 11.1 Å². The van der Waals surface area contributed by atoms with E-state index in [0.29, 0.717) is 4.68 Å². The van der Waals surface area contributed by atoms with Gasteiger partial charge < -0.3 is 5.73 Å². The zero-order valence-electron chi connectivity index (χ0n) is 13.6. The first kappa shape index (κ1) is 19.0. The monoisotopic (exact) mass is 387 g/mol. The van der Waals surface area contributed by atoms with Crippen molar-refractivity contribution in [1.82, 2.24) is 9.78 Å². The molecular weight excluding hydrogens is 371 g/mol.